The Kier molecular flexibility index (Phi) is 6.86. The molecule has 0 spiro atoms. The number of nitrogens with zero attached hydrogens (tertiary/aromatic N) is 2. The lowest BCUT2D eigenvalue weighted by Gasteiger charge is -2.20. The topological polar surface area (TPSA) is 109 Å². The normalized spacial score (nSPS) is 12.3. The number of benzene rings is 2. The van der Waals surface area contributed by atoms with Gasteiger partial charge in [-0.25, -0.2) is 27.0 Å². The number of rotatable bonds is 7. The average molecular weight is 504 g/mol. The molecule has 0 radical (unpaired) electrons. The minimum Gasteiger partial charge on any atom is -0.497 e. The lowest BCUT2D eigenvalue weighted by molar-refractivity contribution is 0.206. The zero-order chi connectivity index (χ0) is 23.6. The van der Waals surface area contributed by atoms with Gasteiger partial charge in [0.05, 0.1) is 29.4 Å². The van der Waals surface area contributed by atoms with Crippen LogP contribution in [0.3, 0.4) is 0 Å². The number of nitrogens with one attached hydrogen (secondary N) is 1. The molecule has 0 aliphatic rings. The number of carboxylic acid groups (broad SMARTS) is 1. The van der Waals surface area contributed by atoms with Gasteiger partial charge in [-0.1, -0.05) is 11.6 Å². The monoisotopic (exact) mass is 503 g/mol. The van der Waals surface area contributed by atoms with Crippen molar-refractivity contribution in [2.75, 3.05) is 16.7 Å². The van der Waals surface area contributed by atoms with Crippen LogP contribution < -0.4 is 14.4 Å². The molecule has 3 aromatic rings. The Balaban J connectivity index is 1.97. The van der Waals surface area contributed by atoms with E-state index < -0.39 is 44.5 Å². The molecular weight excluding hydrogens is 488 g/mol. The predicted octanol–water partition coefficient (Wildman–Crippen LogP) is 5.13. The van der Waals surface area contributed by atoms with Crippen molar-refractivity contribution >= 4 is 50.6 Å². The third-order valence-electron chi connectivity index (χ3n) is 4.38. The Bertz CT molecular complexity index is 1260. The second kappa shape index (κ2) is 9.27. The first-order chi connectivity index (χ1) is 15.1. The van der Waals surface area contributed by atoms with Crippen molar-refractivity contribution < 1.29 is 31.8 Å². The molecule has 13 heteroatoms. The number of ether oxygens (including phenoxy) is 1. The molecule has 0 saturated carbocycles. The number of amides is 1. The fourth-order valence-corrected chi connectivity index (χ4v) is 5.05. The van der Waals surface area contributed by atoms with Gasteiger partial charge in [0, 0.05) is 10.9 Å². The van der Waals surface area contributed by atoms with Crippen LogP contribution in [0.15, 0.2) is 46.1 Å². The van der Waals surface area contributed by atoms with Crippen LogP contribution in [0.2, 0.25) is 5.02 Å². The van der Waals surface area contributed by atoms with E-state index in [2.05, 4.69) is 10.3 Å². The van der Waals surface area contributed by atoms with Crippen LogP contribution in [0.4, 0.5) is 25.1 Å². The van der Waals surface area contributed by atoms with Crippen molar-refractivity contribution in [3.8, 4) is 5.75 Å². The van der Waals surface area contributed by atoms with E-state index in [9.17, 15) is 27.1 Å². The first-order valence-electron chi connectivity index (χ1n) is 8.81. The second-order valence-corrected chi connectivity index (χ2v) is 9.30. The van der Waals surface area contributed by atoms with E-state index in [1.54, 1.807) is 6.92 Å². The van der Waals surface area contributed by atoms with Crippen molar-refractivity contribution in [2.24, 2.45) is 0 Å². The summed E-state index contributed by atoms with van der Waals surface area (Å²) in [6.45, 7) is 1.59. The van der Waals surface area contributed by atoms with Crippen LogP contribution in [0.5, 0.6) is 5.75 Å². The van der Waals surface area contributed by atoms with E-state index >= 15 is 0 Å². The molecule has 0 fully saturated rings. The maximum absolute atomic E-state index is 14.8. The molecule has 0 aliphatic carbocycles. The van der Waals surface area contributed by atoms with Crippen LogP contribution in [0.25, 0.3) is 0 Å². The fraction of sp³-hybridized carbons (Fsp3) is 0.158. The summed E-state index contributed by atoms with van der Waals surface area (Å²) in [7, 11) is -3.45. The van der Waals surface area contributed by atoms with Gasteiger partial charge in [0.15, 0.2) is 5.82 Å². The van der Waals surface area contributed by atoms with E-state index in [0.29, 0.717) is 5.75 Å². The van der Waals surface area contributed by atoms with Crippen LogP contribution >= 0.6 is 22.9 Å². The molecule has 0 unspecified atom stereocenters. The summed E-state index contributed by atoms with van der Waals surface area (Å²) < 4.78 is 59.8. The molecule has 1 atom stereocenters. The smallest absolute Gasteiger partial charge is 0.427 e. The largest absolute Gasteiger partial charge is 0.497 e. The summed E-state index contributed by atoms with van der Waals surface area (Å²) >= 11 is 7.12. The predicted molar refractivity (Wildman–Crippen MR) is 116 cm³/mol. The van der Waals surface area contributed by atoms with Crippen molar-refractivity contribution in [3.05, 3.63) is 63.4 Å². The standard InChI is InChI=1S/C19H16ClF2N3O5S2/c1-10(12-5-11(30-2)3-4-14(12)21)24-16-7-15(22)17(6-13(16)20)32(28,29)25(19(26)27)18-8-31-9-23-18/h3-10,24H,1-2H3,(H,26,27)/t10-/m0/s1. The van der Waals surface area contributed by atoms with Gasteiger partial charge in [-0.3, -0.25) is 0 Å². The fourth-order valence-electron chi connectivity index (χ4n) is 2.86. The van der Waals surface area contributed by atoms with Crippen molar-refractivity contribution in [2.45, 2.75) is 17.9 Å². The van der Waals surface area contributed by atoms with Gasteiger partial charge in [0.1, 0.15) is 22.3 Å². The summed E-state index contributed by atoms with van der Waals surface area (Å²) in [6.07, 6.45) is -1.87. The second-order valence-electron chi connectivity index (χ2n) is 6.41. The van der Waals surface area contributed by atoms with Crippen molar-refractivity contribution in [1.29, 1.82) is 0 Å². The van der Waals surface area contributed by atoms with Gasteiger partial charge < -0.3 is 15.2 Å². The quantitative estimate of drug-likeness (QED) is 0.460. The molecule has 0 aliphatic heterocycles. The summed E-state index contributed by atoms with van der Waals surface area (Å²) in [5.41, 5.74) is 1.42. The van der Waals surface area contributed by atoms with Crippen LogP contribution in [-0.2, 0) is 10.0 Å². The molecule has 0 saturated heterocycles. The number of thiazole rings is 1. The van der Waals surface area contributed by atoms with Gasteiger partial charge in [0.2, 0.25) is 0 Å². The molecule has 1 amide bonds. The third kappa shape index (κ3) is 4.61. The summed E-state index contributed by atoms with van der Waals surface area (Å²) in [4.78, 5) is 14.3. The van der Waals surface area contributed by atoms with Crippen LogP contribution in [-0.4, -0.2) is 31.7 Å². The molecule has 8 nitrogen and oxygen atoms in total. The highest BCUT2D eigenvalue weighted by Crippen LogP contribution is 2.34. The minimum atomic E-state index is -4.88. The van der Waals surface area contributed by atoms with Crippen LogP contribution in [0.1, 0.15) is 18.5 Å². The maximum atomic E-state index is 14.8. The molecule has 1 heterocycles. The number of halogens is 3. The average Bonchev–Trinajstić information content (AvgIpc) is 3.24. The van der Waals surface area contributed by atoms with Crippen LogP contribution in [0, 0.1) is 11.6 Å². The highest BCUT2D eigenvalue weighted by molar-refractivity contribution is 7.93. The number of hydrogen-bond donors (Lipinski definition) is 2. The summed E-state index contributed by atoms with van der Waals surface area (Å²) in [5.74, 6) is -1.79. The van der Waals surface area contributed by atoms with Gasteiger partial charge in [-0.2, -0.15) is 0 Å². The Labute approximate surface area is 191 Å². The lowest BCUT2D eigenvalue weighted by atomic mass is 10.1. The Morgan fingerprint density at radius 2 is 2.00 bits per heavy atom. The number of aromatic nitrogens is 1. The number of sulfonamides is 1. The van der Waals surface area contributed by atoms with Gasteiger partial charge in [-0.15, -0.1) is 15.6 Å². The summed E-state index contributed by atoms with van der Waals surface area (Å²) in [5, 5.41) is 13.2. The number of anilines is 2. The molecule has 170 valence electrons. The third-order valence-corrected chi connectivity index (χ3v) is 6.96. The molecule has 1 aromatic heterocycles. The Hall–Kier alpha value is -2.96. The number of hydrogen-bond acceptors (Lipinski definition) is 7. The molecular formula is C19H16ClF2N3O5S2. The zero-order valence-corrected chi connectivity index (χ0v) is 18.9. The van der Waals surface area contributed by atoms with Gasteiger partial charge >= 0.3 is 6.09 Å². The molecule has 32 heavy (non-hydrogen) atoms. The first kappa shape index (κ1) is 23.7. The Morgan fingerprint density at radius 3 is 2.59 bits per heavy atom. The number of carbonyl (C=O) groups is 1. The zero-order valence-electron chi connectivity index (χ0n) is 16.5. The first-order valence-corrected chi connectivity index (χ1v) is 11.6. The van der Waals surface area contributed by atoms with Crippen molar-refractivity contribution in [3.63, 3.8) is 0 Å². The minimum absolute atomic E-state index is 0.0200. The molecule has 3 rings (SSSR count). The van der Waals surface area contributed by atoms with E-state index in [1.807, 2.05) is 0 Å². The lowest BCUT2D eigenvalue weighted by Crippen LogP contribution is -2.36. The highest BCUT2D eigenvalue weighted by Gasteiger charge is 2.35. The van der Waals surface area contributed by atoms with Gasteiger partial charge in [0.25, 0.3) is 10.0 Å². The highest BCUT2D eigenvalue weighted by atomic mass is 35.5. The van der Waals surface area contributed by atoms with E-state index in [1.165, 1.54) is 36.2 Å². The molecule has 2 N–H and O–H groups in total. The molecule has 2 aromatic carbocycles. The van der Waals surface area contributed by atoms with Crippen molar-refractivity contribution in [1.82, 2.24) is 4.98 Å². The van der Waals surface area contributed by atoms with E-state index in [0.717, 1.165) is 23.5 Å². The maximum Gasteiger partial charge on any atom is 0.427 e. The summed E-state index contributed by atoms with van der Waals surface area (Å²) in [6, 6.07) is 4.98. The van der Waals surface area contributed by atoms with Gasteiger partial charge in [-0.05, 0) is 37.3 Å². The van der Waals surface area contributed by atoms with E-state index in [-0.39, 0.29) is 20.6 Å². The number of methoxy groups -OCH3 is 1. The SMILES string of the molecule is COc1ccc(F)c([C@H](C)Nc2cc(F)c(S(=O)(=O)N(C(=O)O)c3cscn3)cc2Cl)c1. The Morgan fingerprint density at radius 1 is 1.28 bits per heavy atom. The van der Waals surface area contributed by atoms with E-state index in [4.69, 9.17) is 16.3 Å². The molecule has 0 bridgehead atoms.